The van der Waals surface area contributed by atoms with Crippen molar-refractivity contribution in [2.24, 2.45) is 5.92 Å². The molecule has 1 aliphatic heterocycles. The van der Waals surface area contributed by atoms with Crippen molar-refractivity contribution < 1.29 is 14.3 Å². The van der Waals surface area contributed by atoms with Gasteiger partial charge in [-0.3, -0.25) is 9.59 Å². The highest BCUT2D eigenvalue weighted by molar-refractivity contribution is 6.00. The summed E-state index contributed by atoms with van der Waals surface area (Å²) in [5, 5.41) is 4.77. The molecule has 0 spiro atoms. The SMILES string of the molecule is COc1ccccc1-c1nn(-c2ccccc2)cc1C(=O)N1CCN(C(=O)C(C)C)CC1. The molecule has 4 rings (SSSR count). The van der Waals surface area contributed by atoms with E-state index in [0.717, 1.165) is 11.3 Å². The van der Waals surface area contributed by atoms with E-state index in [2.05, 4.69) is 0 Å². The van der Waals surface area contributed by atoms with E-state index >= 15 is 0 Å². The molecule has 1 fully saturated rings. The largest absolute Gasteiger partial charge is 0.496 e. The van der Waals surface area contributed by atoms with Crippen LogP contribution in [0.25, 0.3) is 16.9 Å². The van der Waals surface area contributed by atoms with Gasteiger partial charge in [0.15, 0.2) is 0 Å². The normalized spacial score (nSPS) is 14.0. The first kappa shape index (κ1) is 21.6. The van der Waals surface area contributed by atoms with Crippen LogP contribution < -0.4 is 4.74 Å². The van der Waals surface area contributed by atoms with Crippen LogP contribution in [0.2, 0.25) is 0 Å². The van der Waals surface area contributed by atoms with Gasteiger partial charge in [-0.25, -0.2) is 4.68 Å². The van der Waals surface area contributed by atoms with Gasteiger partial charge in [-0.2, -0.15) is 5.10 Å². The van der Waals surface area contributed by atoms with E-state index in [1.165, 1.54) is 0 Å². The van der Waals surface area contributed by atoms with Gasteiger partial charge in [-0.05, 0) is 24.3 Å². The molecule has 0 N–H and O–H groups in total. The lowest BCUT2D eigenvalue weighted by molar-refractivity contribution is -0.135. The van der Waals surface area contributed by atoms with Gasteiger partial charge in [0.2, 0.25) is 5.91 Å². The summed E-state index contributed by atoms with van der Waals surface area (Å²) in [6, 6.07) is 17.3. The summed E-state index contributed by atoms with van der Waals surface area (Å²) >= 11 is 0. The van der Waals surface area contributed by atoms with E-state index in [9.17, 15) is 9.59 Å². The van der Waals surface area contributed by atoms with Gasteiger partial charge in [0.1, 0.15) is 11.4 Å². The second kappa shape index (κ2) is 9.26. The predicted molar refractivity (Wildman–Crippen MR) is 123 cm³/mol. The molecule has 1 aliphatic rings. The van der Waals surface area contributed by atoms with E-state index < -0.39 is 0 Å². The summed E-state index contributed by atoms with van der Waals surface area (Å²) in [6.45, 7) is 5.88. The Morgan fingerprint density at radius 3 is 2.19 bits per heavy atom. The average molecular weight is 433 g/mol. The molecule has 3 aromatic rings. The number of aromatic nitrogens is 2. The van der Waals surface area contributed by atoms with Crippen molar-refractivity contribution in [1.29, 1.82) is 0 Å². The molecule has 1 aromatic heterocycles. The Morgan fingerprint density at radius 2 is 1.53 bits per heavy atom. The molecule has 7 heteroatoms. The van der Waals surface area contributed by atoms with E-state index in [-0.39, 0.29) is 17.7 Å². The number of hydrogen-bond acceptors (Lipinski definition) is 4. The Kier molecular flexibility index (Phi) is 6.25. The summed E-state index contributed by atoms with van der Waals surface area (Å²) in [7, 11) is 1.61. The number of nitrogens with zero attached hydrogens (tertiary/aromatic N) is 4. The van der Waals surface area contributed by atoms with Crippen LogP contribution in [0.15, 0.2) is 60.8 Å². The first-order chi connectivity index (χ1) is 15.5. The zero-order chi connectivity index (χ0) is 22.7. The molecule has 166 valence electrons. The molecule has 0 atom stereocenters. The number of benzene rings is 2. The topological polar surface area (TPSA) is 67.7 Å². The van der Waals surface area contributed by atoms with Crippen LogP contribution >= 0.6 is 0 Å². The number of piperazine rings is 1. The molecule has 2 heterocycles. The summed E-state index contributed by atoms with van der Waals surface area (Å²) in [6.07, 6.45) is 1.78. The lowest BCUT2D eigenvalue weighted by atomic mass is 10.1. The zero-order valence-electron chi connectivity index (χ0n) is 18.7. The molecule has 0 bridgehead atoms. The number of ether oxygens (including phenoxy) is 1. The monoisotopic (exact) mass is 432 g/mol. The highest BCUT2D eigenvalue weighted by Crippen LogP contribution is 2.32. The number of carbonyl (C=O) groups excluding carboxylic acids is 2. The highest BCUT2D eigenvalue weighted by Gasteiger charge is 2.29. The lowest BCUT2D eigenvalue weighted by Crippen LogP contribution is -2.51. The molecule has 32 heavy (non-hydrogen) atoms. The molecule has 0 unspecified atom stereocenters. The van der Waals surface area contributed by atoms with Gasteiger partial charge in [-0.1, -0.05) is 44.2 Å². The minimum atomic E-state index is -0.0928. The molecule has 0 radical (unpaired) electrons. The molecule has 7 nitrogen and oxygen atoms in total. The number of amides is 2. The van der Waals surface area contributed by atoms with Crippen LogP contribution in [0, 0.1) is 5.92 Å². The fraction of sp³-hybridized carbons (Fsp3) is 0.320. The van der Waals surface area contributed by atoms with Crippen molar-refractivity contribution in [3.63, 3.8) is 0 Å². The minimum Gasteiger partial charge on any atom is -0.496 e. The summed E-state index contributed by atoms with van der Waals surface area (Å²) < 4.78 is 7.27. The summed E-state index contributed by atoms with van der Waals surface area (Å²) in [4.78, 5) is 29.5. The number of carbonyl (C=O) groups is 2. The summed E-state index contributed by atoms with van der Waals surface area (Å²) in [5.41, 5.74) is 2.73. The third kappa shape index (κ3) is 4.23. The average Bonchev–Trinajstić information content (AvgIpc) is 3.29. The first-order valence-electron chi connectivity index (χ1n) is 10.9. The third-order valence-corrected chi connectivity index (χ3v) is 5.70. The van der Waals surface area contributed by atoms with Crippen LogP contribution in [0.3, 0.4) is 0 Å². The molecular formula is C25H28N4O3. The fourth-order valence-corrected chi connectivity index (χ4v) is 3.95. The number of methoxy groups -OCH3 is 1. The van der Waals surface area contributed by atoms with E-state index in [4.69, 9.17) is 9.84 Å². The molecule has 1 saturated heterocycles. The van der Waals surface area contributed by atoms with Crippen LogP contribution in [0.5, 0.6) is 5.75 Å². The van der Waals surface area contributed by atoms with E-state index in [1.807, 2.05) is 73.3 Å². The zero-order valence-corrected chi connectivity index (χ0v) is 18.7. The van der Waals surface area contributed by atoms with Crippen LogP contribution in [0.1, 0.15) is 24.2 Å². The Morgan fingerprint density at radius 1 is 0.906 bits per heavy atom. The van der Waals surface area contributed by atoms with Crippen molar-refractivity contribution in [1.82, 2.24) is 19.6 Å². The molecule has 0 aliphatic carbocycles. The predicted octanol–water partition coefficient (Wildman–Crippen LogP) is 3.49. The molecular weight excluding hydrogens is 404 g/mol. The number of hydrogen-bond donors (Lipinski definition) is 0. The Hall–Kier alpha value is -3.61. The second-order valence-corrected chi connectivity index (χ2v) is 8.14. The van der Waals surface area contributed by atoms with Crippen molar-refractivity contribution in [2.75, 3.05) is 33.3 Å². The van der Waals surface area contributed by atoms with Crippen molar-refractivity contribution in [3.8, 4) is 22.7 Å². The number of rotatable bonds is 5. The van der Waals surface area contributed by atoms with Gasteiger partial charge < -0.3 is 14.5 Å². The number of para-hydroxylation sites is 2. The fourth-order valence-electron chi connectivity index (χ4n) is 3.95. The van der Waals surface area contributed by atoms with Crippen molar-refractivity contribution in [2.45, 2.75) is 13.8 Å². The van der Waals surface area contributed by atoms with Gasteiger partial charge in [0.25, 0.3) is 5.91 Å². The Balaban J connectivity index is 1.68. The quantitative estimate of drug-likeness (QED) is 0.619. The Bertz CT molecular complexity index is 1100. The third-order valence-electron chi connectivity index (χ3n) is 5.70. The van der Waals surface area contributed by atoms with Gasteiger partial charge in [0, 0.05) is 43.9 Å². The van der Waals surface area contributed by atoms with Crippen molar-refractivity contribution in [3.05, 3.63) is 66.4 Å². The maximum absolute atomic E-state index is 13.6. The summed E-state index contributed by atoms with van der Waals surface area (Å²) in [5.74, 6) is 0.652. The van der Waals surface area contributed by atoms with Crippen molar-refractivity contribution >= 4 is 11.8 Å². The van der Waals surface area contributed by atoms with Crippen LogP contribution in [0.4, 0.5) is 0 Å². The van der Waals surface area contributed by atoms with Crippen LogP contribution in [-0.2, 0) is 4.79 Å². The maximum atomic E-state index is 13.6. The Labute approximate surface area is 188 Å². The van der Waals surface area contributed by atoms with Gasteiger partial charge >= 0.3 is 0 Å². The first-order valence-corrected chi connectivity index (χ1v) is 10.9. The second-order valence-electron chi connectivity index (χ2n) is 8.14. The van der Waals surface area contributed by atoms with E-state index in [1.54, 1.807) is 22.9 Å². The van der Waals surface area contributed by atoms with Gasteiger partial charge in [0.05, 0.1) is 18.4 Å². The van der Waals surface area contributed by atoms with E-state index in [0.29, 0.717) is 43.2 Å². The van der Waals surface area contributed by atoms with Gasteiger partial charge in [-0.15, -0.1) is 0 Å². The maximum Gasteiger partial charge on any atom is 0.257 e. The molecule has 0 saturated carbocycles. The molecule has 2 amide bonds. The highest BCUT2D eigenvalue weighted by atomic mass is 16.5. The molecule has 2 aromatic carbocycles. The minimum absolute atomic E-state index is 0.0431. The standard InChI is InChI=1S/C25H28N4O3/c1-18(2)24(30)27-13-15-28(16-14-27)25(31)21-17-29(19-9-5-4-6-10-19)26-23(21)20-11-7-8-12-22(20)32-3/h4-12,17-18H,13-16H2,1-3H3. The smallest absolute Gasteiger partial charge is 0.257 e. The van der Waals surface area contributed by atoms with Crippen LogP contribution in [-0.4, -0.2) is 64.7 Å². The lowest BCUT2D eigenvalue weighted by Gasteiger charge is -2.35.